The van der Waals surface area contributed by atoms with Gasteiger partial charge < -0.3 is 0 Å². The normalized spacial score (nSPS) is 11.8. The van der Waals surface area contributed by atoms with Crippen molar-refractivity contribution in [2.75, 3.05) is 0 Å². The number of nitrogens with zero attached hydrogens (tertiary/aromatic N) is 3. The first-order valence-corrected chi connectivity index (χ1v) is 5.99. The third-order valence-electron chi connectivity index (χ3n) is 2.36. The highest BCUT2D eigenvalue weighted by Crippen LogP contribution is 2.27. The molecule has 0 amide bonds. The molecule has 3 nitrogen and oxygen atoms in total. The summed E-state index contributed by atoms with van der Waals surface area (Å²) in [4.78, 5) is 4.10. The fraction of sp³-hybridized carbons (Fsp3) is 0.273. The number of hydrogen-bond acceptors (Lipinski definition) is 2. The van der Waals surface area contributed by atoms with E-state index in [9.17, 15) is 13.2 Å². The van der Waals surface area contributed by atoms with E-state index >= 15 is 0 Å². The quantitative estimate of drug-likeness (QED) is 0.792. The monoisotopic (exact) mass is 319 g/mol. The third-order valence-corrected chi connectivity index (χ3v) is 2.77. The Morgan fingerprint density at radius 1 is 1.33 bits per heavy atom. The minimum Gasteiger partial charge on any atom is -0.222 e. The van der Waals surface area contributed by atoms with Crippen LogP contribution in [0.4, 0.5) is 13.2 Å². The molecular weight excluding hydrogens is 311 g/mol. The molecule has 0 aliphatic heterocycles. The molecule has 0 bridgehead atoms. The van der Waals surface area contributed by atoms with E-state index in [-0.39, 0.29) is 0 Å². The Morgan fingerprint density at radius 3 is 2.61 bits per heavy atom. The zero-order valence-corrected chi connectivity index (χ0v) is 11.0. The summed E-state index contributed by atoms with van der Waals surface area (Å²) in [5.74, 6) is 0.358. The lowest BCUT2D eigenvalue weighted by Crippen LogP contribution is -2.08. The van der Waals surface area contributed by atoms with E-state index in [1.807, 2.05) is 13.0 Å². The van der Waals surface area contributed by atoms with Gasteiger partial charge in [0.2, 0.25) is 0 Å². The van der Waals surface area contributed by atoms with Gasteiger partial charge in [0.1, 0.15) is 4.60 Å². The molecule has 2 rings (SSSR count). The molecule has 96 valence electrons. The van der Waals surface area contributed by atoms with Gasteiger partial charge in [-0.15, -0.1) is 0 Å². The zero-order valence-electron chi connectivity index (χ0n) is 9.37. The maximum Gasteiger partial charge on any atom is 0.435 e. The average Bonchev–Trinajstić information content (AvgIpc) is 2.77. The fourth-order valence-electron chi connectivity index (χ4n) is 1.46. The van der Waals surface area contributed by atoms with Crippen molar-refractivity contribution in [3.8, 4) is 5.82 Å². The number of aromatic nitrogens is 3. The topological polar surface area (TPSA) is 30.7 Å². The lowest BCUT2D eigenvalue weighted by Gasteiger charge is -2.05. The van der Waals surface area contributed by atoms with Crippen LogP contribution in [0.3, 0.4) is 0 Å². The standard InChI is InChI=1S/C11H9BrF3N3/c1-2-7-5-9(12)16-10(6-7)18-4-3-8(17-18)11(13,14)15/h3-6H,2H2,1H3. The highest BCUT2D eigenvalue weighted by Gasteiger charge is 2.33. The Morgan fingerprint density at radius 2 is 2.06 bits per heavy atom. The van der Waals surface area contributed by atoms with E-state index in [1.165, 1.54) is 6.20 Å². The average molecular weight is 320 g/mol. The second-order valence-electron chi connectivity index (χ2n) is 3.65. The fourth-order valence-corrected chi connectivity index (χ4v) is 1.93. The number of hydrogen-bond donors (Lipinski definition) is 0. The maximum atomic E-state index is 12.4. The number of aryl methyl sites for hydroxylation is 1. The number of halogens is 4. The Labute approximate surface area is 110 Å². The molecule has 18 heavy (non-hydrogen) atoms. The molecule has 0 spiro atoms. The molecule has 2 aromatic heterocycles. The van der Waals surface area contributed by atoms with Crippen LogP contribution in [0.5, 0.6) is 0 Å². The highest BCUT2D eigenvalue weighted by atomic mass is 79.9. The second-order valence-corrected chi connectivity index (χ2v) is 4.47. The number of pyridine rings is 1. The van der Waals surface area contributed by atoms with Gasteiger partial charge in [0.15, 0.2) is 11.5 Å². The third kappa shape index (κ3) is 2.72. The molecule has 0 saturated carbocycles. The SMILES string of the molecule is CCc1cc(Br)nc(-n2ccc(C(F)(F)F)n2)c1. The summed E-state index contributed by atoms with van der Waals surface area (Å²) >= 11 is 3.22. The van der Waals surface area contributed by atoms with Gasteiger partial charge in [0.05, 0.1) is 0 Å². The maximum absolute atomic E-state index is 12.4. The second kappa shape index (κ2) is 4.72. The Balaban J connectivity index is 2.43. The van der Waals surface area contributed by atoms with E-state index < -0.39 is 11.9 Å². The van der Waals surface area contributed by atoms with Crippen LogP contribution in [-0.4, -0.2) is 14.8 Å². The smallest absolute Gasteiger partial charge is 0.222 e. The Hall–Kier alpha value is -1.37. The summed E-state index contributed by atoms with van der Waals surface area (Å²) in [7, 11) is 0. The van der Waals surface area contributed by atoms with Gasteiger partial charge in [0, 0.05) is 6.20 Å². The van der Waals surface area contributed by atoms with Gasteiger partial charge >= 0.3 is 6.18 Å². The van der Waals surface area contributed by atoms with Crippen molar-refractivity contribution in [2.24, 2.45) is 0 Å². The van der Waals surface area contributed by atoms with E-state index in [4.69, 9.17) is 0 Å². The Bertz CT molecular complexity index is 563. The molecule has 0 N–H and O–H groups in total. The van der Waals surface area contributed by atoms with Gasteiger partial charge in [0.25, 0.3) is 0 Å². The minimum atomic E-state index is -4.44. The van der Waals surface area contributed by atoms with E-state index in [1.54, 1.807) is 6.07 Å². The van der Waals surface area contributed by atoms with Crippen LogP contribution in [0.2, 0.25) is 0 Å². The molecule has 2 heterocycles. The van der Waals surface area contributed by atoms with Crippen LogP contribution in [0, 0.1) is 0 Å². The first kappa shape index (κ1) is 13.1. The summed E-state index contributed by atoms with van der Waals surface area (Å²) in [6.07, 6.45) is -2.43. The summed E-state index contributed by atoms with van der Waals surface area (Å²) in [5, 5.41) is 3.48. The molecule has 0 saturated heterocycles. The van der Waals surface area contributed by atoms with Crippen molar-refractivity contribution in [1.82, 2.24) is 14.8 Å². The van der Waals surface area contributed by atoms with Crippen LogP contribution in [0.1, 0.15) is 18.2 Å². The molecule has 0 atom stereocenters. The molecule has 2 aromatic rings. The predicted molar refractivity (Wildman–Crippen MR) is 63.4 cm³/mol. The Kier molecular flexibility index (Phi) is 3.43. The van der Waals surface area contributed by atoms with Crippen molar-refractivity contribution < 1.29 is 13.2 Å². The zero-order chi connectivity index (χ0) is 13.3. The summed E-state index contributed by atoms with van der Waals surface area (Å²) in [6, 6.07) is 4.45. The van der Waals surface area contributed by atoms with Crippen molar-refractivity contribution >= 4 is 15.9 Å². The van der Waals surface area contributed by atoms with E-state index in [0.717, 1.165) is 22.7 Å². The van der Waals surface area contributed by atoms with Crippen molar-refractivity contribution in [3.63, 3.8) is 0 Å². The molecular formula is C11H9BrF3N3. The largest absolute Gasteiger partial charge is 0.435 e. The van der Waals surface area contributed by atoms with E-state index in [0.29, 0.717) is 10.4 Å². The number of alkyl halides is 3. The summed E-state index contributed by atoms with van der Waals surface area (Å²) < 4.78 is 39.0. The van der Waals surface area contributed by atoms with Gasteiger partial charge in [-0.05, 0) is 46.1 Å². The summed E-state index contributed by atoms with van der Waals surface area (Å²) in [5.41, 5.74) is 0.0401. The minimum absolute atomic E-state index is 0.358. The predicted octanol–water partition coefficient (Wildman–Crippen LogP) is 3.61. The van der Waals surface area contributed by atoms with Crippen molar-refractivity contribution in [2.45, 2.75) is 19.5 Å². The summed E-state index contributed by atoms with van der Waals surface area (Å²) in [6.45, 7) is 1.95. The lowest BCUT2D eigenvalue weighted by atomic mass is 10.2. The van der Waals surface area contributed by atoms with E-state index in [2.05, 4.69) is 26.0 Å². The number of rotatable bonds is 2. The first-order valence-electron chi connectivity index (χ1n) is 5.20. The van der Waals surface area contributed by atoms with Crippen molar-refractivity contribution in [3.05, 3.63) is 40.3 Å². The molecule has 0 radical (unpaired) electrons. The first-order chi connectivity index (χ1) is 8.40. The van der Waals surface area contributed by atoms with Gasteiger partial charge in [-0.2, -0.15) is 18.3 Å². The molecule has 7 heteroatoms. The van der Waals surface area contributed by atoms with Crippen LogP contribution < -0.4 is 0 Å². The lowest BCUT2D eigenvalue weighted by molar-refractivity contribution is -0.141. The van der Waals surface area contributed by atoms with Gasteiger partial charge in [-0.25, -0.2) is 9.67 Å². The van der Waals surface area contributed by atoms with Crippen molar-refractivity contribution in [1.29, 1.82) is 0 Å². The molecule has 0 aliphatic rings. The van der Waals surface area contributed by atoms with Gasteiger partial charge in [-0.1, -0.05) is 6.92 Å². The van der Waals surface area contributed by atoms with Crippen LogP contribution in [-0.2, 0) is 12.6 Å². The molecule has 0 fully saturated rings. The molecule has 0 aliphatic carbocycles. The van der Waals surface area contributed by atoms with Crippen LogP contribution >= 0.6 is 15.9 Å². The highest BCUT2D eigenvalue weighted by molar-refractivity contribution is 9.10. The molecule has 0 aromatic carbocycles. The van der Waals surface area contributed by atoms with Gasteiger partial charge in [-0.3, -0.25) is 0 Å². The van der Waals surface area contributed by atoms with Crippen LogP contribution in [0.25, 0.3) is 5.82 Å². The molecule has 0 unspecified atom stereocenters. The van der Waals surface area contributed by atoms with Crippen LogP contribution in [0.15, 0.2) is 29.0 Å².